The van der Waals surface area contributed by atoms with Crippen LogP contribution < -0.4 is 0 Å². The molecule has 1 aliphatic rings. The summed E-state index contributed by atoms with van der Waals surface area (Å²) < 4.78 is 1.84. The summed E-state index contributed by atoms with van der Waals surface area (Å²) in [5, 5.41) is 13.3. The lowest BCUT2D eigenvalue weighted by Gasteiger charge is -2.22. The summed E-state index contributed by atoms with van der Waals surface area (Å²) in [6.45, 7) is 7.54. The second-order valence-electron chi connectivity index (χ2n) is 5.33. The molecular weight excluding hydrogens is 206 g/mol. The molecule has 0 amide bonds. The second-order valence-corrected chi connectivity index (χ2v) is 5.33. The number of nitrogens with zero attached hydrogens (tertiary/aromatic N) is 3. The molecule has 0 unspecified atom stereocenters. The Labute approximate surface area is 94.7 Å². The number of carbonyl (C=O) groups is 1. The Morgan fingerprint density at radius 2 is 2.00 bits per heavy atom. The minimum absolute atomic E-state index is 0.178. The smallest absolute Gasteiger partial charge is 0.356 e. The molecule has 5 heteroatoms. The van der Waals surface area contributed by atoms with Crippen molar-refractivity contribution in [2.24, 2.45) is 0 Å². The average molecular weight is 223 g/mol. The number of aromatic nitrogens is 2. The van der Waals surface area contributed by atoms with Crippen molar-refractivity contribution < 1.29 is 9.90 Å². The number of fused-ring (bicyclic) bond motifs is 1. The summed E-state index contributed by atoms with van der Waals surface area (Å²) in [6.07, 6.45) is 0. The molecule has 1 aromatic rings. The summed E-state index contributed by atoms with van der Waals surface area (Å²) in [4.78, 5) is 13.2. The van der Waals surface area contributed by atoms with Crippen LogP contribution in [0.3, 0.4) is 0 Å². The third-order valence-electron chi connectivity index (χ3n) is 2.78. The molecule has 0 aliphatic carbocycles. The second kappa shape index (κ2) is 3.31. The fourth-order valence-electron chi connectivity index (χ4n) is 2.12. The summed E-state index contributed by atoms with van der Waals surface area (Å²) in [5.74, 6) is -0.936. The van der Waals surface area contributed by atoms with Gasteiger partial charge >= 0.3 is 5.97 Å². The Hall–Kier alpha value is -1.36. The van der Waals surface area contributed by atoms with E-state index in [9.17, 15) is 4.79 Å². The van der Waals surface area contributed by atoms with Gasteiger partial charge in [0.25, 0.3) is 0 Å². The van der Waals surface area contributed by atoms with E-state index in [4.69, 9.17) is 5.11 Å². The molecule has 0 saturated carbocycles. The van der Waals surface area contributed by atoms with E-state index in [0.29, 0.717) is 6.54 Å². The molecule has 0 aromatic carbocycles. The Morgan fingerprint density at radius 3 is 2.50 bits per heavy atom. The first-order valence-corrected chi connectivity index (χ1v) is 5.34. The summed E-state index contributed by atoms with van der Waals surface area (Å²) in [5.41, 5.74) is 1.93. The zero-order valence-corrected chi connectivity index (χ0v) is 10.1. The molecule has 0 bridgehead atoms. The van der Waals surface area contributed by atoms with Crippen molar-refractivity contribution in [2.45, 2.75) is 39.4 Å². The molecule has 1 aromatic heterocycles. The minimum Gasteiger partial charge on any atom is -0.476 e. The molecule has 2 rings (SSSR count). The third-order valence-corrected chi connectivity index (χ3v) is 2.78. The maximum absolute atomic E-state index is 11.1. The maximum atomic E-state index is 11.1. The van der Waals surface area contributed by atoms with Crippen LogP contribution in [0.25, 0.3) is 0 Å². The van der Waals surface area contributed by atoms with Gasteiger partial charge in [0.05, 0.1) is 11.2 Å². The number of carboxylic acid groups (broad SMARTS) is 1. The van der Waals surface area contributed by atoms with Crippen molar-refractivity contribution in [1.82, 2.24) is 14.7 Å². The monoisotopic (exact) mass is 223 g/mol. The van der Waals surface area contributed by atoms with Crippen LogP contribution in [0, 0.1) is 0 Å². The topological polar surface area (TPSA) is 58.4 Å². The lowest BCUT2D eigenvalue weighted by molar-refractivity contribution is 0.0686. The standard InChI is InChI=1S/C11H17N3O2/c1-11(2,3)14-8-6-13(4)5-7(8)9(12-14)10(15)16/h5-6H2,1-4H3,(H,15,16). The molecule has 88 valence electrons. The molecule has 0 saturated heterocycles. The zero-order valence-electron chi connectivity index (χ0n) is 10.1. The lowest BCUT2D eigenvalue weighted by Crippen LogP contribution is -2.26. The zero-order chi connectivity index (χ0) is 12.1. The molecule has 5 nitrogen and oxygen atoms in total. The van der Waals surface area contributed by atoms with Crippen molar-refractivity contribution in [1.29, 1.82) is 0 Å². The van der Waals surface area contributed by atoms with Crippen molar-refractivity contribution in [3.05, 3.63) is 17.0 Å². The molecular formula is C11H17N3O2. The van der Waals surface area contributed by atoms with Crippen molar-refractivity contribution in [2.75, 3.05) is 7.05 Å². The van der Waals surface area contributed by atoms with E-state index in [2.05, 4.69) is 10.00 Å². The van der Waals surface area contributed by atoms with Gasteiger partial charge in [-0.15, -0.1) is 0 Å². The molecule has 0 radical (unpaired) electrons. The molecule has 1 aliphatic heterocycles. The maximum Gasteiger partial charge on any atom is 0.356 e. The van der Waals surface area contributed by atoms with E-state index >= 15 is 0 Å². The van der Waals surface area contributed by atoms with Gasteiger partial charge in [0, 0.05) is 18.7 Å². The van der Waals surface area contributed by atoms with Crippen molar-refractivity contribution >= 4 is 5.97 Å². The van der Waals surface area contributed by atoms with Crippen LogP contribution in [-0.2, 0) is 18.6 Å². The van der Waals surface area contributed by atoms with E-state index in [1.54, 1.807) is 0 Å². The number of hydrogen-bond donors (Lipinski definition) is 1. The first-order valence-electron chi connectivity index (χ1n) is 5.34. The van der Waals surface area contributed by atoms with E-state index in [0.717, 1.165) is 17.8 Å². The van der Waals surface area contributed by atoms with Crippen LogP contribution in [0.1, 0.15) is 42.5 Å². The first-order chi connectivity index (χ1) is 7.30. The van der Waals surface area contributed by atoms with Crippen LogP contribution in [-0.4, -0.2) is 32.8 Å². The molecule has 0 fully saturated rings. The van der Waals surface area contributed by atoms with E-state index in [-0.39, 0.29) is 11.2 Å². The normalized spacial score (nSPS) is 16.5. The Bertz CT molecular complexity index is 443. The third kappa shape index (κ3) is 1.61. The highest BCUT2D eigenvalue weighted by molar-refractivity contribution is 5.87. The molecule has 0 spiro atoms. The lowest BCUT2D eigenvalue weighted by atomic mass is 10.1. The van der Waals surface area contributed by atoms with Crippen LogP contribution in [0.5, 0.6) is 0 Å². The number of carboxylic acids is 1. The van der Waals surface area contributed by atoms with Crippen LogP contribution in [0.2, 0.25) is 0 Å². The average Bonchev–Trinajstić information content (AvgIpc) is 2.57. The highest BCUT2D eigenvalue weighted by Crippen LogP contribution is 2.29. The molecule has 16 heavy (non-hydrogen) atoms. The van der Waals surface area contributed by atoms with Gasteiger partial charge in [-0.25, -0.2) is 4.79 Å². The SMILES string of the molecule is CN1Cc2c(C(=O)O)nn(C(C)(C)C)c2C1. The first kappa shape index (κ1) is 11.1. The fourth-order valence-corrected chi connectivity index (χ4v) is 2.12. The highest BCUT2D eigenvalue weighted by Gasteiger charge is 2.32. The van der Waals surface area contributed by atoms with Gasteiger partial charge in [-0.3, -0.25) is 9.58 Å². The molecule has 1 N–H and O–H groups in total. The summed E-state index contributed by atoms with van der Waals surface area (Å²) >= 11 is 0. The van der Waals surface area contributed by atoms with Gasteiger partial charge in [-0.05, 0) is 27.8 Å². The largest absolute Gasteiger partial charge is 0.476 e. The van der Waals surface area contributed by atoms with Crippen molar-refractivity contribution in [3.63, 3.8) is 0 Å². The Balaban J connectivity index is 2.58. The van der Waals surface area contributed by atoms with Gasteiger partial charge in [-0.2, -0.15) is 5.10 Å². The Kier molecular flexibility index (Phi) is 2.31. The predicted molar refractivity (Wildman–Crippen MR) is 59.4 cm³/mol. The van der Waals surface area contributed by atoms with Crippen molar-refractivity contribution in [3.8, 4) is 0 Å². The van der Waals surface area contributed by atoms with Gasteiger partial charge < -0.3 is 5.11 Å². The predicted octanol–water partition coefficient (Wildman–Crippen LogP) is 1.28. The van der Waals surface area contributed by atoms with Crippen LogP contribution in [0.4, 0.5) is 0 Å². The highest BCUT2D eigenvalue weighted by atomic mass is 16.4. The quantitative estimate of drug-likeness (QED) is 0.779. The fraction of sp³-hybridized carbons (Fsp3) is 0.636. The minimum atomic E-state index is -0.936. The molecule has 0 atom stereocenters. The van der Waals surface area contributed by atoms with Gasteiger partial charge in [0.2, 0.25) is 0 Å². The van der Waals surface area contributed by atoms with Gasteiger partial charge in [-0.1, -0.05) is 0 Å². The van der Waals surface area contributed by atoms with Crippen LogP contribution >= 0.6 is 0 Å². The molecule has 2 heterocycles. The number of hydrogen-bond acceptors (Lipinski definition) is 3. The van der Waals surface area contributed by atoms with Gasteiger partial charge in [0.1, 0.15) is 0 Å². The van der Waals surface area contributed by atoms with E-state index in [1.165, 1.54) is 0 Å². The summed E-state index contributed by atoms with van der Waals surface area (Å²) in [7, 11) is 1.98. The van der Waals surface area contributed by atoms with Gasteiger partial charge in [0.15, 0.2) is 5.69 Å². The Morgan fingerprint density at radius 1 is 1.38 bits per heavy atom. The number of rotatable bonds is 1. The van der Waals surface area contributed by atoms with E-state index < -0.39 is 5.97 Å². The van der Waals surface area contributed by atoms with Crippen LogP contribution in [0.15, 0.2) is 0 Å². The number of aromatic carboxylic acids is 1. The summed E-state index contributed by atoms with van der Waals surface area (Å²) in [6, 6.07) is 0. The van der Waals surface area contributed by atoms with E-state index in [1.807, 2.05) is 32.5 Å².